The monoisotopic (exact) mass is 333 g/mol. The van der Waals surface area contributed by atoms with Gasteiger partial charge in [0.05, 0.1) is 11.0 Å². The molecule has 5 heteroatoms. The first-order valence-electron chi connectivity index (χ1n) is 7.62. The van der Waals surface area contributed by atoms with Gasteiger partial charge in [0.15, 0.2) is 0 Å². The van der Waals surface area contributed by atoms with E-state index >= 15 is 0 Å². The molecule has 0 saturated heterocycles. The van der Waals surface area contributed by atoms with Crippen molar-refractivity contribution in [2.75, 3.05) is 6.54 Å². The van der Waals surface area contributed by atoms with Crippen molar-refractivity contribution in [3.8, 4) is 0 Å². The second-order valence-electron chi connectivity index (χ2n) is 5.84. The van der Waals surface area contributed by atoms with Crippen LogP contribution in [0, 0.1) is 20.8 Å². The summed E-state index contributed by atoms with van der Waals surface area (Å²) in [4.78, 5) is 0.331. The van der Waals surface area contributed by atoms with Crippen LogP contribution in [0.5, 0.6) is 0 Å². The number of nitrogens with one attached hydrogen (secondary N) is 1. The van der Waals surface area contributed by atoms with Crippen molar-refractivity contribution < 1.29 is 13.5 Å². The van der Waals surface area contributed by atoms with Crippen LogP contribution in [0.1, 0.15) is 34.8 Å². The van der Waals surface area contributed by atoms with Gasteiger partial charge in [-0.3, -0.25) is 0 Å². The fourth-order valence-electron chi connectivity index (χ4n) is 2.83. The zero-order chi connectivity index (χ0) is 17.0. The van der Waals surface area contributed by atoms with Crippen LogP contribution in [-0.4, -0.2) is 20.1 Å². The SMILES string of the molecule is Cc1cc(C)c(S(=O)(=O)NCCC(O)c2ccccc2)c(C)c1. The van der Waals surface area contributed by atoms with Gasteiger partial charge < -0.3 is 5.11 Å². The summed E-state index contributed by atoms with van der Waals surface area (Å²) in [6.45, 7) is 5.73. The lowest BCUT2D eigenvalue weighted by Crippen LogP contribution is -2.27. The van der Waals surface area contributed by atoms with Gasteiger partial charge in [-0.1, -0.05) is 48.0 Å². The Hall–Kier alpha value is -1.69. The molecule has 0 radical (unpaired) electrons. The molecule has 0 aliphatic rings. The number of hydrogen-bond acceptors (Lipinski definition) is 3. The molecule has 0 bridgehead atoms. The van der Waals surface area contributed by atoms with Gasteiger partial charge in [0.2, 0.25) is 10.0 Å². The lowest BCUT2D eigenvalue weighted by atomic mass is 10.1. The highest BCUT2D eigenvalue weighted by Crippen LogP contribution is 2.22. The van der Waals surface area contributed by atoms with Crippen LogP contribution in [0.3, 0.4) is 0 Å². The van der Waals surface area contributed by atoms with Crippen LogP contribution in [0.25, 0.3) is 0 Å². The van der Waals surface area contributed by atoms with E-state index in [2.05, 4.69) is 4.72 Å². The van der Waals surface area contributed by atoms with Gasteiger partial charge in [0, 0.05) is 6.54 Å². The molecule has 0 amide bonds. The maximum Gasteiger partial charge on any atom is 0.241 e. The normalized spacial score (nSPS) is 13.0. The number of benzene rings is 2. The fraction of sp³-hybridized carbons (Fsp3) is 0.333. The second-order valence-corrected chi connectivity index (χ2v) is 7.54. The van der Waals surface area contributed by atoms with Crippen LogP contribution >= 0.6 is 0 Å². The summed E-state index contributed by atoms with van der Waals surface area (Å²) >= 11 is 0. The van der Waals surface area contributed by atoms with E-state index in [-0.39, 0.29) is 6.54 Å². The minimum absolute atomic E-state index is 0.186. The molecule has 2 aromatic rings. The largest absolute Gasteiger partial charge is 0.388 e. The number of aliphatic hydroxyl groups is 1. The first kappa shape index (κ1) is 17.7. The standard InChI is InChI=1S/C18H23NO3S/c1-13-11-14(2)18(15(3)12-13)23(21,22)19-10-9-17(20)16-7-5-4-6-8-16/h4-8,11-12,17,19-20H,9-10H2,1-3H3. The number of rotatable bonds is 6. The average molecular weight is 333 g/mol. The molecule has 0 fully saturated rings. The molecule has 0 aliphatic heterocycles. The summed E-state index contributed by atoms with van der Waals surface area (Å²) in [6, 6.07) is 13.0. The van der Waals surface area contributed by atoms with E-state index in [1.165, 1.54) is 0 Å². The van der Waals surface area contributed by atoms with Crippen LogP contribution < -0.4 is 4.72 Å². The van der Waals surface area contributed by atoms with Gasteiger partial charge in [0.25, 0.3) is 0 Å². The molecule has 1 unspecified atom stereocenters. The molecule has 2 rings (SSSR count). The Morgan fingerprint density at radius 2 is 1.61 bits per heavy atom. The molecular formula is C18H23NO3S. The van der Waals surface area contributed by atoms with E-state index in [1.807, 2.05) is 49.4 Å². The third-order valence-electron chi connectivity index (χ3n) is 3.77. The van der Waals surface area contributed by atoms with E-state index in [0.29, 0.717) is 11.3 Å². The summed E-state index contributed by atoms with van der Waals surface area (Å²) in [5, 5.41) is 10.1. The maximum absolute atomic E-state index is 12.5. The molecule has 2 N–H and O–H groups in total. The third kappa shape index (κ3) is 4.41. The number of sulfonamides is 1. The van der Waals surface area contributed by atoms with Crippen molar-refractivity contribution in [2.24, 2.45) is 0 Å². The Morgan fingerprint density at radius 3 is 2.17 bits per heavy atom. The van der Waals surface area contributed by atoms with Gasteiger partial charge in [-0.05, 0) is 43.9 Å². The Morgan fingerprint density at radius 1 is 1.04 bits per heavy atom. The molecule has 0 aromatic heterocycles. The third-order valence-corrected chi connectivity index (χ3v) is 5.53. The zero-order valence-electron chi connectivity index (χ0n) is 13.7. The molecule has 4 nitrogen and oxygen atoms in total. The molecule has 0 spiro atoms. The lowest BCUT2D eigenvalue weighted by molar-refractivity contribution is 0.169. The minimum Gasteiger partial charge on any atom is -0.388 e. The van der Waals surface area contributed by atoms with Crippen molar-refractivity contribution in [3.05, 3.63) is 64.7 Å². The first-order valence-corrected chi connectivity index (χ1v) is 9.10. The van der Waals surface area contributed by atoms with Gasteiger partial charge in [-0.25, -0.2) is 13.1 Å². The molecule has 23 heavy (non-hydrogen) atoms. The van der Waals surface area contributed by atoms with Crippen molar-refractivity contribution in [3.63, 3.8) is 0 Å². The van der Waals surface area contributed by atoms with E-state index in [0.717, 1.165) is 22.3 Å². The van der Waals surface area contributed by atoms with Gasteiger partial charge in [-0.2, -0.15) is 0 Å². The van der Waals surface area contributed by atoms with Gasteiger partial charge >= 0.3 is 0 Å². The Bertz CT molecular complexity index is 747. The highest BCUT2D eigenvalue weighted by molar-refractivity contribution is 7.89. The highest BCUT2D eigenvalue weighted by atomic mass is 32.2. The predicted molar refractivity (Wildman–Crippen MR) is 91.9 cm³/mol. The van der Waals surface area contributed by atoms with E-state index in [1.54, 1.807) is 13.8 Å². The Balaban J connectivity index is 2.05. The van der Waals surface area contributed by atoms with Crippen LogP contribution in [0.4, 0.5) is 0 Å². The number of aryl methyl sites for hydroxylation is 3. The predicted octanol–water partition coefficient (Wildman–Crippen LogP) is 3.01. The van der Waals surface area contributed by atoms with Crippen LogP contribution in [-0.2, 0) is 10.0 Å². The zero-order valence-corrected chi connectivity index (χ0v) is 14.5. The summed E-state index contributed by atoms with van der Waals surface area (Å²) in [6.07, 6.45) is -0.355. The highest BCUT2D eigenvalue weighted by Gasteiger charge is 2.20. The van der Waals surface area contributed by atoms with Gasteiger partial charge in [-0.15, -0.1) is 0 Å². The van der Waals surface area contributed by atoms with Crippen molar-refractivity contribution in [1.82, 2.24) is 4.72 Å². The number of hydrogen-bond donors (Lipinski definition) is 2. The Kier molecular flexibility index (Phi) is 5.57. The van der Waals surface area contributed by atoms with Crippen molar-refractivity contribution >= 4 is 10.0 Å². The first-order chi connectivity index (χ1) is 10.8. The molecule has 1 atom stereocenters. The summed E-state index contributed by atoms with van der Waals surface area (Å²) in [7, 11) is -3.58. The average Bonchev–Trinajstić information content (AvgIpc) is 2.46. The van der Waals surface area contributed by atoms with E-state index in [9.17, 15) is 13.5 Å². The molecule has 0 saturated carbocycles. The molecule has 0 aliphatic carbocycles. The quantitative estimate of drug-likeness (QED) is 0.854. The summed E-state index contributed by atoms with van der Waals surface area (Å²) < 4.78 is 27.6. The molecular weight excluding hydrogens is 310 g/mol. The van der Waals surface area contributed by atoms with E-state index < -0.39 is 16.1 Å². The molecule has 2 aromatic carbocycles. The van der Waals surface area contributed by atoms with Gasteiger partial charge in [0.1, 0.15) is 0 Å². The van der Waals surface area contributed by atoms with E-state index in [4.69, 9.17) is 0 Å². The second kappa shape index (κ2) is 7.25. The minimum atomic E-state index is -3.58. The summed E-state index contributed by atoms with van der Waals surface area (Å²) in [5.74, 6) is 0. The van der Waals surface area contributed by atoms with Crippen molar-refractivity contribution in [2.45, 2.75) is 38.2 Å². The topological polar surface area (TPSA) is 66.4 Å². The molecule has 124 valence electrons. The van der Waals surface area contributed by atoms with Crippen LogP contribution in [0.2, 0.25) is 0 Å². The number of aliphatic hydroxyl groups excluding tert-OH is 1. The lowest BCUT2D eigenvalue weighted by Gasteiger charge is -2.15. The molecule has 0 heterocycles. The Labute approximate surface area is 138 Å². The summed E-state index contributed by atoms with van der Waals surface area (Å²) in [5.41, 5.74) is 3.30. The maximum atomic E-state index is 12.5. The smallest absolute Gasteiger partial charge is 0.241 e. The fourth-order valence-corrected chi connectivity index (χ4v) is 4.33. The van der Waals surface area contributed by atoms with Crippen LogP contribution in [0.15, 0.2) is 47.4 Å². The van der Waals surface area contributed by atoms with Crippen molar-refractivity contribution in [1.29, 1.82) is 0 Å².